The predicted molar refractivity (Wildman–Crippen MR) is 123 cm³/mol. The van der Waals surface area contributed by atoms with Gasteiger partial charge < -0.3 is 10.6 Å². The minimum Gasteiger partial charge on any atom is -0.383 e. The van der Waals surface area contributed by atoms with Crippen molar-refractivity contribution in [3.63, 3.8) is 0 Å². The number of hydrogen-bond acceptors (Lipinski definition) is 4. The van der Waals surface area contributed by atoms with E-state index in [1.165, 1.54) is 51.4 Å². The summed E-state index contributed by atoms with van der Waals surface area (Å²) in [5, 5.41) is 5.21. The van der Waals surface area contributed by atoms with E-state index >= 15 is 0 Å². The fourth-order valence-corrected chi connectivity index (χ4v) is 3.57. The van der Waals surface area contributed by atoms with Crippen molar-refractivity contribution in [2.24, 2.45) is 7.05 Å². The van der Waals surface area contributed by atoms with E-state index in [0.717, 1.165) is 28.7 Å². The van der Waals surface area contributed by atoms with Crippen molar-refractivity contribution in [3.05, 3.63) is 18.0 Å². The van der Waals surface area contributed by atoms with Gasteiger partial charge in [-0.25, -0.2) is 4.98 Å². The van der Waals surface area contributed by atoms with Crippen LogP contribution in [0.25, 0.3) is 10.9 Å². The molecule has 0 aromatic carbocycles. The summed E-state index contributed by atoms with van der Waals surface area (Å²) < 4.78 is 1.81. The molecule has 28 heavy (non-hydrogen) atoms. The van der Waals surface area contributed by atoms with Gasteiger partial charge in [0.05, 0.1) is 16.6 Å². The van der Waals surface area contributed by atoms with Crippen molar-refractivity contribution in [3.8, 4) is 0 Å². The van der Waals surface area contributed by atoms with Crippen molar-refractivity contribution in [2.75, 3.05) is 12.8 Å². The molecule has 2 atom stereocenters. The maximum Gasteiger partial charge on any atom is 0.134 e. The zero-order valence-corrected chi connectivity index (χ0v) is 19.3. The van der Waals surface area contributed by atoms with Gasteiger partial charge in [0.15, 0.2) is 0 Å². The average Bonchev–Trinajstić information content (AvgIpc) is 3.10. The Morgan fingerprint density at radius 1 is 1.11 bits per heavy atom. The average molecular weight is 390 g/mol. The van der Waals surface area contributed by atoms with E-state index in [2.05, 4.69) is 35.9 Å². The van der Waals surface area contributed by atoms with Gasteiger partial charge in [-0.15, -0.1) is 0 Å². The second-order valence-corrected chi connectivity index (χ2v) is 7.75. The molecule has 5 nitrogen and oxygen atoms in total. The van der Waals surface area contributed by atoms with Crippen molar-refractivity contribution >= 4 is 16.7 Å². The number of aromatic nitrogens is 3. The smallest absolute Gasteiger partial charge is 0.134 e. The Labute approximate surface area is 172 Å². The number of pyridine rings is 1. The quantitative estimate of drug-likeness (QED) is 0.714. The molecular weight excluding hydrogens is 346 g/mol. The van der Waals surface area contributed by atoms with Gasteiger partial charge in [0.2, 0.25) is 0 Å². The summed E-state index contributed by atoms with van der Waals surface area (Å²) in [6.45, 7) is 10.5. The van der Waals surface area contributed by atoms with Crippen LogP contribution in [-0.4, -0.2) is 38.8 Å². The minimum absolute atomic E-state index is 0.554. The molecule has 4 rings (SSSR count). The lowest BCUT2D eigenvalue weighted by Gasteiger charge is -2.22. The largest absolute Gasteiger partial charge is 0.383 e. The lowest BCUT2D eigenvalue weighted by molar-refractivity contribution is 0.242. The van der Waals surface area contributed by atoms with E-state index in [4.69, 9.17) is 5.73 Å². The van der Waals surface area contributed by atoms with Crippen molar-refractivity contribution in [2.45, 2.75) is 98.1 Å². The summed E-state index contributed by atoms with van der Waals surface area (Å²) in [7, 11) is 4.16. The van der Waals surface area contributed by atoms with Crippen LogP contribution in [0.2, 0.25) is 0 Å². The molecule has 2 fully saturated rings. The van der Waals surface area contributed by atoms with Crippen LogP contribution in [0.5, 0.6) is 0 Å². The first-order chi connectivity index (χ1) is 13.5. The fourth-order valence-electron chi connectivity index (χ4n) is 3.57. The number of anilines is 1. The second-order valence-electron chi connectivity index (χ2n) is 7.75. The molecule has 1 saturated heterocycles. The molecule has 0 bridgehead atoms. The van der Waals surface area contributed by atoms with Gasteiger partial charge in [0.25, 0.3) is 0 Å². The molecule has 2 aliphatic rings. The molecule has 1 aliphatic carbocycles. The Hall–Kier alpha value is -1.62. The van der Waals surface area contributed by atoms with Crippen LogP contribution in [0.3, 0.4) is 0 Å². The standard InChI is InChI=1S/C9H19N.C8H10N4.C4H8.C2H6/c1-4-5-9-7-6-8(2)10(9)3;1-5-7-6(12(2)11-5)3-4-10-8(7)9;1-2-4-3-1;1-2/h8-9H,4-7H2,1-3H3;3-4H,1-2H3,(H2,9,10);1-4H2;1-2H3. The lowest BCUT2D eigenvalue weighted by atomic mass is 10.0. The van der Waals surface area contributed by atoms with Gasteiger partial charge in [-0.05, 0) is 46.2 Å². The zero-order valence-electron chi connectivity index (χ0n) is 19.3. The number of fused-ring (bicyclic) bond motifs is 1. The monoisotopic (exact) mass is 389 g/mol. The van der Waals surface area contributed by atoms with Gasteiger partial charge in [-0.2, -0.15) is 5.10 Å². The lowest BCUT2D eigenvalue weighted by Crippen LogP contribution is -2.29. The highest BCUT2D eigenvalue weighted by atomic mass is 15.3. The molecule has 0 radical (unpaired) electrons. The van der Waals surface area contributed by atoms with Crippen molar-refractivity contribution in [1.82, 2.24) is 19.7 Å². The van der Waals surface area contributed by atoms with Crippen molar-refractivity contribution < 1.29 is 0 Å². The summed E-state index contributed by atoms with van der Waals surface area (Å²) in [5.41, 5.74) is 7.66. The molecule has 0 amide bonds. The normalized spacial score (nSPS) is 20.8. The Kier molecular flexibility index (Phi) is 11.1. The van der Waals surface area contributed by atoms with Crippen LogP contribution in [0.4, 0.5) is 5.82 Å². The van der Waals surface area contributed by atoms with Gasteiger partial charge in [0.1, 0.15) is 5.82 Å². The first kappa shape index (κ1) is 24.4. The Bertz CT molecular complexity index is 669. The molecular formula is C23H43N5. The Morgan fingerprint density at radius 3 is 2.14 bits per heavy atom. The molecule has 1 aliphatic heterocycles. The highest BCUT2D eigenvalue weighted by Gasteiger charge is 2.25. The summed E-state index contributed by atoms with van der Waals surface area (Å²) in [6, 6.07) is 3.63. The van der Waals surface area contributed by atoms with E-state index in [1.807, 2.05) is 38.6 Å². The number of nitrogens with two attached hydrogens (primary N) is 1. The molecule has 1 saturated carbocycles. The zero-order chi connectivity index (χ0) is 21.1. The highest BCUT2D eigenvalue weighted by Crippen LogP contribution is 2.24. The van der Waals surface area contributed by atoms with Gasteiger partial charge in [0, 0.05) is 25.3 Å². The summed E-state index contributed by atoms with van der Waals surface area (Å²) >= 11 is 0. The first-order valence-electron chi connectivity index (χ1n) is 11.2. The Balaban J connectivity index is 0.000000220. The van der Waals surface area contributed by atoms with E-state index < -0.39 is 0 Å². The van der Waals surface area contributed by atoms with Crippen LogP contribution in [-0.2, 0) is 7.05 Å². The van der Waals surface area contributed by atoms with Crippen LogP contribution in [0.15, 0.2) is 12.3 Å². The number of hydrogen-bond donors (Lipinski definition) is 1. The first-order valence-corrected chi connectivity index (χ1v) is 11.2. The predicted octanol–water partition coefficient (Wildman–Crippen LogP) is 5.71. The fraction of sp³-hybridized carbons (Fsp3) is 0.739. The summed E-state index contributed by atoms with van der Waals surface area (Å²) in [6.07, 6.45) is 13.2. The molecule has 3 heterocycles. The number of rotatable bonds is 2. The molecule has 5 heteroatoms. The van der Waals surface area contributed by atoms with Crippen LogP contribution >= 0.6 is 0 Å². The maximum atomic E-state index is 5.71. The molecule has 2 aromatic heterocycles. The number of aryl methyl sites for hydroxylation is 2. The van der Waals surface area contributed by atoms with Crippen LogP contribution in [0, 0.1) is 6.92 Å². The molecule has 2 aromatic rings. The van der Waals surface area contributed by atoms with Gasteiger partial charge in [-0.1, -0.05) is 52.9 Å². The molecule has 160 valence electrons. The maximum absolute atomic E-state index is 5.71. The topological polar surface area (TPSA) is 60.0 Å². The van der Waals surface area contributed by atoms with E-state index in [1.54, 1.807) is 6.20 Å². The Morgan fingerprint density at radius 2 is 1.71 bits per heavy atom. The number of nitrogen functional groups attached to an aromatic ring is 1. The van der Waals surface area contributed by atoms with Gasteiger partial charge >= 0.3 is 0 Å². The van der Waals surface area contributed by atoms with E-state index in [0.29, 0.717) is 5.82 Å². The third-order valence-electron chi connectivity index (χ3n) is 5.78. The molecule has 0 spiro atoms. The van der Waals surface area contributed by atoms with Crippen LogP contribution in [0.1, 0.15) is 84.8 Å². The third kappa shape index (κ3) is 6.77. The van der Waals surface area contributed by atoms with Crippen molar-refractivity contribution in [1.29, 1.82) is 0 Å². The second kappa shape index (κ2) is 12.8. The molecule has 2 N–H and O–H groups in total. The van der Waals surface area contributed by atoms with Crippen LogP contribution < -0.4 is 5.73 Å². The number of nitrogens with zero attached hydrogens (tertiary/aromatic N) is 4. The minimum atomic E-state index is 0.554. The third-order valence-corrected chi connectivity index (χ3v) is 5.78. The summed E-state index contributed by atoms with van der Waals surface area (Å²) in [4.78, 5) is 6.54. The summed E-state index contributed by atoms with van der Waals surface area (Å²) in [5.74, 6) is 0.554. The number of likely N-dealkylation sites (tertiary alicyclic amines) is 1. The highest BCUT2D eigenvalue weighted by molar-refractivity contribution is 5.90. The van der Waals surface area contributed by atoms with Gasteiger partial charge in [-0.3, -0.25) is 4.68 Å². The van der Waals surface area contributed by atoms with E-state index in [-0.39, 0.29) is 0 Å². The SMILES string of the molecule is C1CCC1.CC.CCCC1CCC(C)N1C.Cc1nn(C)c2ccnc(N)c12. The molecule has 2 unspecified atom stereocenters. The van der Waals surface area contributed by atoms with E-state index in [9.17, 15) is 0 Å².